The smallest absolute Gasteiger partial charge is 0.370 e. The Balaban J connectivity index is 2.51. The van der Waals surface area contributed by atoms with E-state index in [9.17, 15) is 13.2 Å². The maximum absolute atomic E-state index is 12.4. The van der Waals surface area contributed by atoms with Gasteiger partial charge in [0.15, 0.2) is 5.96 Å². The lowest BCUT2D eigenvalue weighted by Gasteiger charge is -2.09. The Morgan fingerprint density at radius 2 is 1.84 bits per heavy atom. The molecule has 1 rings (SSSR count). The fraction of sp³-hybridized carbons (Fsp3) is 0.462. The fourth-order valence-electron chi connectivity index (χ4n) is 1.51. The third kappa shape index (κ3) is 5.63. The zero-order valence-electron chi connectivity index (χ0n) is 11.0. The van der Waals surface area contributed by atoms with E-state index >= 15 is 0 Å². The molecule has 0 unspecified atom stereocenters. The lowest BCUT2D eigenvalue weighted by molar-refractivity contribution is -0.137. The number of hydrogen-bond acceptors (Lipinski definition) is 1. The summed E-state index contributed by atoms with van der Waals surface area (Å²) in [5.74, 6) is 0.349. The lowest BCUT2D eigenvalue weighted by atomic mass is 10.1. The van der Waals surface area contributed by atoms with Crippen molar-refractivity contribution in [2.45, 2.75) is 32.5 Å². The number of nitrogens with two attached hydrogens (primary N) is 1. The second kappa shape index (κ2) is 6.45. The van der Waals surface area contributed by atoms with Gasteiger partial charge in [0.05, 0.1) is 5.56 Å². The van der Waals surface area contributed by atoms with Crippen molar-refractivity contribution in [3.8, 4) is 0 Å². The Morgan fingerprint density at radius 3 is 2.32 bits per heavy atom. The molecular formula is C13H18F3N3. The van der Waals surface area contributed by atoms with Crippen molar-refractivity contribution in [3.63, 3.8) is 0 Å². The van der Waals surface area contributed by atoms with Crippen molar-refractivity contribution in [2.24, 2.45) is 10.7 Å². The average molecular weight is 273 g/mol. The zero-order valence-corrected chi connectivity index (χ0v) is 11.0. The SMILES string of the molecule is CC(C)NC(N)=NCCc1ccc(C(F)(F)F)cc1. The molecule has 0 heterocycles. The van der Waals surface area contributed by atoms with Crippen LogP contribution in [-0.2, 0) is 12.6 Å². The highest BCUT2D eigenvalue weighted by Gasteiger charge is 2.29. The van der Waals surface area contributed by atoms with E-state index in [0.717, 1.165) is 17.7 Å². The van der Waals surface area contributed by atoms with Crippen LogP contribution in [0.1, 0.15) is 25.0 Å². The third-order valence-electron chi connectivity index (χ3n) is 2.40. The predicted molar refractivity (Wildman–Crippen MR) is 69.9 cm³/mol. The van der Waals surface area contributed by atoms with E-state index < -0.39 is 11.7 Å². The second-order valence-corrected chi connectivity index (χ2v) is 4.51. The molecule has 0 radical (unpaired) electrons. The van der Waals surface area contributed by atoms with E-state index in [4.69, 9.17) is 5.73 Å². The minimum atomic E-state index is -4.29. The van der Waals surface area contributed by atoms with E-state index in [1.807, 2.05) is 13.8 Å². The van der Waals surface area contributed by atoms with E-state index in [-0.39, 0.29) is 6.04 Å². The zero-order chi connectivity index (χ0) is 14.5. The third-order valence-corrected chi connectivity index (χ3v) is 2.40. The minimum absolute atomic E-state index is 0.204. The minimum Gasteiger partial charge on any atom is -0.370 e. The molecule has 0 bridgehead atoms. The Morgan fingerprint density at radius 1 is 1.26 bits per heavy atom. The molecule has 0 aliphatic carbocycles. The van der Waals surface area contributed by atoms with Gasteiger partial charge in [0, 0.05) is 12.6 Å². The van der Waals surface area contributed by atoms with Crippen molar-refractivity contribution in [1.82, 2.24) is 5.32 Å². The van der Waals surface area contributed by atoms with Crippen LogP contribution in [0.15, 0.2) is 29.3 Å². The normalized spacial score (nSPS) is 12.8. The highest BCUT2D eigenvalue weighted by molar-refractivity contribution is 5.78. The average Bonchev–Trinajstić information content (AvgIpc) is 2.27. The number of guanidine groups is 1. The van der Waals surface area contributed by atoms with E-state index in [0.29, 0.717) is 18.9 Å². The number of benzene rings is 1. The molecule has 19 heavy (non-hydrogen) atoms. The van der Waals surface area contributed by atoms with Gasteiger partial charge in [0.2, 0.25) is 0 Å². The van der Waals surface area contributed by atoms with Crippen LogP contribution in [0.25, 0.3) is 0 Å². The van der Waals surface area contributed by atoms with Crippen LogP contribution in [0.4, 0.5) is 13.2 Å². The van der Waals surface area contributed by atoms with Crippen molar-refractivity contribution < 1.29 is 13.2 Å². The molecule has 3 N–H and O–H groups in total. The van der Waals surface area contributed by atoms with Gasteiger partial charge in [0.25, 0.3) is 0 Å². The summed E-state index contributed by atoms with van der Waals surface area (Å²) in [5, 5.41) is 2.94. The maximum atomic E-state index is 12.4. The van der Waals surface area contributed by atoms with Crippen molar-refractivity contribution in [2.75, 3.05) is 6.54 Å². The number of halogens is 3. The Bertz CT molecular complexity index is 422. The first-order chi connectivity index (χ1) is 8.79. The summed E-state index contributed by atoms with van der Waals surface area (Å²) in [6, 6.07) is 5.29. The van der Waals surface area contributed by atoms with Crippen LogP contribution in [0, 0.1) is 0 Å². The van der Waals surface area contributed by atoms with Crippen molar-refractivity contribution >= 4 is 5.96 Å². The Labute approximate surface area is 110 Å². The summed E-state index contributed by atoms with van der Waals surface area (Å²) >= 11 is 0. The van der Waals surface area contributed by atoms with Gasteiger partial charge in [-0.05, 0) is 38.0 Å². The summed E-state index contributed by atoms with van der Waals surface area (Å²) in [4.78, 5) is 4.09. The van der Waals surface area contributed by atoms with Crippen LogP contribution in [0.3, 0.4) is 0 Å². The van der Waals surface area contributed by atoms with Crippen LogP contribution in [-0.4, -0.2) is 18.5 Å². The van der Waals surface area contributed by atoms with E-state index in [1.54, 1.807) is 0 Å². The molecule has 0 spiro atoms. The standard InChI is InChI=1S/C13H18F3N3/c1-9(2)19-12(17)18-8-7-10-3-5-11(6-4-10)13(14,15)16/h3-6,9H,7-8H2,1-2H3,(H3,17,18,19). The van der Waals surface area contributed by atoms with Gasteiger partial charge in [0.1, 0.15) is 0 Å². The first kappa shape index (κ1) is 15.3. The van der Waals surface area contributed by atoms with Gasteiger partial charge < -0.3 is 11.1 Å². The highest BCUT2D eigenvalue weighted by atomic mass is 19.4. The number of aliphatic imine (C=N–C) groups is 1. The van der Waals surface area contributed by atoms with Gasteiger partial charge in [-0.15, -0.1) is 0 Å². The summed E-state index contributed by atoms with van der Waals surface area (Å²) < 4.78 is 37.1. The van der Waals surface area contributed by atoms with Gasteiger partial charge in [-0.1, -0.05) is 12.1 Å². The highest BCUT2D eigenvalue weighted by Crippen LogP contribution is 2.29. The van der Waals surface area contributed by atoms with Gasteiger partial charge in [-0.25, -0.2) is 0 Å². The monoisotopic (exact) mass is 273 g/mol. The molecule has 0 aliphatic heterocycles. The predicted octanol–water partition coefficient (Wildman–Crippen LogP) is 2.56. The second-order valence-electron chi connectivity index (χ2n) is 4.51. The van der Waals surface area contributed by atoms with Crippen molar-refractivity contribution in [3.05, 3.63) is 35.4 Å². The summed E-state index contributed by atoms with van der Waals surface area (Å²) in [6.07, 6.45) is -3.74. The topological polar surface area (TPSA) is 50.4 Å². The largest absolute Gasteiger partial charge is 0.416 e. The van der Waals surface area contributed by atoms with Gasteiger partial charge in [-0.2, -0.15) is 13.2 Å². The molecule has 1 aromatic rings. The summed E-state index contributed by atoms with van der Waals surface area (Å²) in [7, 11) is 0. The quantitative estimate of drug-likeness (QED) is 0.654. The molecule has 1 aromatic carbocycles. The molecule has 6 heteroatoms. The number of alkyl halides is 3. The molecule has 0 aliphatic rings. The van der Waals surface area contributed by atoms with Crippen LogP contribution < -0.4 is 11.1 Å². The molecule has 106 valence electrons. The molecule has 0 atom stereocenters. The molecule has 0 aromatic heterocycles. The molecule has 3 nitrogen and oxygen atoms in total. The lowest BCUT2D eigenvalue weighted by Crippen LogP contribution is -2.36. The molecule has 0 saturated heterocycles. The number of nitrogens with one attached hydrogen (secondary N) is 1. The van der Waals surface area contributed by atoms with E-state index in [2.05, 4.69) is 10.3 Å². The first-order valence-corrected chi connectivity index (χ1v) is 6.01. The number of hydrogen-bond donors (Lipinski definition) is 2. The van der Waals surface area contributed by atoms with Crippen LogP contribution in [0.5, 0.6) is 0 Å². The van der Waals surface area contributed by atoms with Gasteiger partial charge in [-0.3, -0.25) is 4.99 Å². The van der Waals surface area contributed by atoms with Crippen LogP contribution >= 0.6 is 0 Å². The van der Waals surface area contributed by atoms with E-state index in [1.165, 1.54) is 12.1 Å². The van der Waals surface area contributed by atoms with Crippen LogP contribution in [0.2, 0.25) is 0 Å². The molecule has 0 saturated carbocycles. The summed E-state index contributed by atoms with van der Waals surface area (Å²) in [6.45, 7) is 4.33. The fourth-order valence-corrected chi connectivity index (χ4v) is 1.51. The maximum Gasteiger partial charge on any atom is 0.416 e. The molecule has 0 amide bonds. The first-order valence-electron chi connectivity index (χ1n) is 6.01. The van der Waals surface area contributed by atoms with Crippen molar-refractivity contribution in [1.29, 1.82) is 0 Å². The molecule has 0 fully saturated rings. The Kier molecular flexibility index (Phi) is 5.20. The van der Waals surface area contributed by atoms with Gasteiger partial charge >= 0.3 is 6.18 Å². The molecular weight excluding hydrogens is 255 g/mol. The summed E-state index contributed by atoms with van der Waals surface area (Å²) in [5.41, 5.74) is 5.77. The Hall–Kier alpha value is -1.72. The number of nitrogens with zero attached hydrogens (tertiary/aromatic N) is 1. The number of rotatable bonds is 4.